The van der Waals surface area contributed by atoms with Crippen LogP contribution in [0.4, 0.5) is 5.82 Å². The number of benzene rings is 1. The summed E-state index contributed by atoms with van der Waals surface area (Å²) in [5, 5.41) is 0.730. The molecule has 1 heterocycles. The number of hydrogen-bond acceptors (Lipinski definition) is 4. The van der Waals surface area contributed by atoms with E-state index in [4.69, 9.17) is 22.2 Å². The highest BCUT2D eigenvalue weighted by molar-refractivity contribution is 6.31. The maximum absolute atomic E-state index is 5.95. The van der Waals surface area contributed by atoms with Gasteiger partial charge in [0.2, 0.25) is 0 Å². The molecule has 94 valence electrons. The summed E-state index contributed by atoms with van der Waals surface area (Å²) < 4.78 is 5.68. The molecule has 4 nitrogen and oxygen atoms in total. The molecular weight excluding hydrogens is 250 g/mol. The number of halogens is 1. The summed E-state index contributed by atoms with van der Waals surface area (Å²) in [5.41, 5.74) is 4.42. The predicted molar refractivity (Wildman–Crippen MR) is 72.6 cm³/mol. The van der Waals surface area contributed by atoms with Crippen molar-refractivity contribution in [2.24, 2.45) is 5.84 Å². The van der Waals surface area contributed by atoms with Crippen molar-refractivity contribution in [3.63, 3.8) is 0 Å². The van der Waals surface area contributed by atoms with Crippen molar-refractivity contribution >= 4 is 17.4 Å². The zero-order valence-corrected chi connectivity index (χ0v) is 10.7. The molecule has 18 heavy (non-hydrogen) atoms. The van der Waals surface area contributed by atoms with Crippen molar-refractivity contribution in [2.75, 3.05) is 5.43 Å². The third-order valence-electron chi connectivity index (χ3n) is 2.55. The Labute approximate surface area is 111 Å². The summed E-state index contributed by atoms with van der Waals surface area (Å²) in [7, 11) is 0. The molecule has 0 aliphatic carbocycles. The second-order valence-corrected chi connectivity index (χ2v) is 4.26. The predicted octanol–water partition coefficient (Wildman–Crippen LogP) is 2.91. The van der Waals surface area contributed by atoms with E-state index in [1.54, 1.807) is 6.20 Å². The minimum absolute atomic E-state index is 0.397. The van der Waals surface area contributed by atoms with Gasteiger partial charge in [0.25, 0.3) is 0 Å². The van der Waals surface area contributed by atoms with E-state index >= 15 is 0 Å². The fourth-order valence-corrected chi connectivity index (χ4v) is 1.67. The van der Waals surface area contributed by atoms with E-state index in [9.17, 15) is 0 Å². The molecule has 2 aromatic rings. The zero-order chi connectivity index (χ0) is 13.0. The number of aryl methyl sites for hydroxylation is 1. The SMILES string of the molecule is Cc1cc(OCc2cccnc2NN)ccc1Cl. The largest absolute Gasteiger partial charge is 0.489 e. The Morgan fingerprint density at radius 2 is 2.22 bits per heavy atom. The maximum atomic E-state index is 5.95. The fourth-order valence-electron chi connectivity index (χ4n) is 1.55. The number of pyridine rings is 1. The topological polar surface area (TPSA) is 60.2 Å². The smallest absolute Gasteiger partial charge is 0.146 e. The number of aromatic nitrogens is 1. The number of nitrogens with zero attached hydrogens (tertiary/aromatic N) is 1. The summed E-state index contributed by atoms with van der Waals surface area (Å²) in [6.07, 6.45) is 1.67. The van der Waals surface area contributed by atoms with E-state index < -0.39 is 0 Å². The van der Waals surface area contributed by atoms with Gasteiger partial charge >= 0.3 is 0 Å². The molecule has 0 aliphatic rings. The molecule has 0 fully saturated rings. The number of anilines is 1. The van der Waals surface area contributed by atoms with Crippen LogP contribution in [0.25, 0.3) is 0 Å². The minimum atomic E-state index is 0.397. The van der Waals surface area contributed by atoms with E-state index in [0.717, 1.165) is 21.9 Å². The van der Waals surface area contributed by atoms with Crippen molar-refractivity contribution in [2.45, 2.75) is 13.5 Å². The van der Waals surface area contributed by atoms with E-state index in [1.807, 2.05) is 37.3 Å². The molecule has 0 unspecified atom stereocenters. The van der Waals surface area contributed by atoms with E-state index in [-0.39, 0.29) is 0 Å². The lowest BCUT2D eigenvalue weighted by atomic mass is 10.2. The number of nitrogens with one attached hydrogen (secondary N) is 1. The van der Waals surface area contributed by atoms with Crippen LogP contribution < -0.4 is 16.0 Å². The van der Waals surface area contributed by atoms with Crippen molar-refractivity contribution in [3.8, 4) is 5.75 Å². The number of hydrogen-bond donors (Lipinski definition) is 2. The molecule has 5 heteroatoms. The Hall–Kier alpha value is -1.78. The van der Waals surface area contributed by atoms with Crippen molar-refractivity contribution in [3.05, 3.63) is 52.7 Å². The number of rotatable bonds is 4. The third kappa shape index (κ3) is 2.91. The summed E-state index contributed by atoms with van der Waals surface area (Å²) in [4.78, 5) is 4.10. The van der Waals surface area contributed by atoms with Gasteiger partial charge in [0.1, 0.15) is 18.2 Å². The van der Waals surface area contributed by atoms with Crippen LogP contribution in [-0.4, -0.2) is 4.98 Å². The van der Waals surface area contributed by atoms with Gasteiger partial charge in [-0.05, 0) is 36.8 Å². The van der Waals surface area contributed by atoms with Gasteiger partial charge in [-0.25, -0.2) is 10.8 Å². The molecule has 3 N–H and O–H groups in total. The maximum Gasteiger partial charge on any atom is 0.146 e. The van der Waals surface area contributed by atoms with Gasteiger partial charge in [0.05, 0.1) is 0 Å². The number of ether oxygens (including phenoxy) is 1. The molecule has 0 radical (unpaired) electrons. The highest BCUT2D eigenvalue weighted by atomic mass is 35.5. The number of nitrogens with two attached hydrogens (primary N) is 1. The Morgan fingerprint density at radius 1 is 1.39 bits per heavy atom. The van der Waals surface area contributed by atoms with Gasteiger partial charge in [-0.1, -0.05) is 17.7 Å². The second-order valence-electron chi connectivity index (χ2n) is 3.86. The molecular formula is C13H14ClN3O. The molecule has 0 bridgehead atoms. The van der Waals surface area contributed by atoms with Gasteiger partial charge in [0, 0.05) is 16.8 Å². The van der Waals surface area contributed by atoms with Gasteiger partial charge < -0.3 is 10.2 Å². The van der Waals surface area contributed by atoms with Gasteiger partial charge in [0.15, 0.2) is 0 Å². The Kier molecular flexibility index (Phi) is 4.02. The molecule has 0 amide bonds. The van der Waals surface area contributed by atoms with Crippen LogP contribution in [-0.2, 0) is 6.61 Å². The zero-order valence-electron chi connectivity index (χ0n) is 9.98. The molecule has 0 saturated carbocycles. The molecule has 0 saturated heterocycles. The van der Waals surface area contributed by atoms with Crippen LogP contribution in [0.2, 0.25) is 5.02 Å². The lowest BCUT2D eigenvalue weighted by Gasteiger charge is -2.10. The molecule has 0 spiro atoms. The molecule has 1 aromatic heterocycles. The van der Waals surface area contributed by atoms with Gasteiger partial charge in [-0.15, -0.1) is 0 Å². The van der Waals surface area contributed by atoms with Crippen LogP contribution in [0.1, 0.15) is 11.1 Å². The van der Waals surface area contributed by atoms with Crippen molar-refractivity contribution < 1.29 is 4.74 Å². The molecule has 1 aromatic carbocycles. The molecule has 0 aliphatic heterocycles. The Morgan fingerprint density at radius 3 is 2.94 bits per heavy atom. The number of hydrazine groups is 1. The first-order valence-corrected chi connectivity index (χ1v) is 5.88. The van der Waals surface area contributed by atoms with Crippen LogP contribution in [0.15, 0.2) is 36.5 Å². The van der Waals surface area contributed by atoms with E-state index in [2.05, 4.69) is 10.4 Å². The Bertz CT molecular complexity index is 546. The average molecular weight is 264 g/mol. The minimum Gasteiger partial charge on any atom is -0.489 e. The monoisotopic (exact) mass is 263 g/mol. The first-order valence-electron chi connectivity index (χ1n) is 5.50. The molecule has 0 atom stereocenters. The first-order chi connectivity index (χ1) is 8.70. The lowest BCUT2D eigenvalue weighted by Crippen LogP contribution is -2.12. The number of nitrogen functional groups attached to an aromatic ring is 1. The average Bonchev–Trinajstić information content (AvgIpc) is 2.40. The summed E-state index contributed by atoms with van der Waals surface area (Å²) in [5.74, 6) is 6.76. The quantitative estimate of drug-likeness (QED) is 0.658. The molecule has 2 rings (SSSR count). The fraction of sp³-hybridized carbons (Fsp3) is 0.154. The van der Waals surface area contributed by atoms with Crippen molar-refractivity contribution in [1.29, 1.82) is 0 Å². The normalized spacial score (nSPS) is 10.2. The standard InChI is InChI=1S/C13H14ClN3O/c1-9-7-11(4-5-12(9)14)18-8-10-3-2-6-16-13(10)17-15/h2-7H,8,15H2,1H3,(H,16,17). The first kappa shape index (κ1) is 12.7. The van der Waals surface area contributed by atoms with Crippen molar-refractivity contribution in [1.82, 2.24) is 4.98 Å². The Balaban J connectivity index is 2.09. The van der Waals surface area contributed by atoms with Crippen LogP contribution in [0, 0.1) is 6.92 Å². The van der Waals surface area contributed by atoms with Crippen LogP contribution in [0.5, 0.6) is 5.75 Å². The lowest BCUT2D eigenvalue weighted by molar-refractivity contribution is 0.306. The summed E-state index contributed by atoms with van der Waals surface area (Å²) in [6, 6.07) is 9.30. The van der Waals surface area contributed by atoms with E-state index in [1.165, 1.54) is 0 Å². The second kappa shape index (κ2) is 5.71. The summed E-state index contributed by atoms with van der Waals surface area (Å²) in [6.45, 7) is 2.33. The third-order valence-corrected chi connectivity index (χ3v) is 2.98. The van der Waals surface area contributed by atoms with Gasteiger partial charge in [-0.2, -0.15) is 0 Å². The van der Waals surface area contributed by atoms with Crippen LogP contribution >= 0.6 is 11.6 Å². The van der Waals surface area contributed by atoms with E-state index in [0.29, 0.717) is 12.4 Å². The van der Waals surface area contributed by atoms with Gasteiger partial charge in [-0.3, -0.25) is 0 Å². The highest BCUT2D eigenvalue weighted by Gasteiger charge is 2.03. The summed E-state index contributed by atoms with van der Waals surface area (Å²) >= 11 is 5.95. The van der Waals surface area contributed by atoms with Crippen LogP contribution in [0.3, 0.4) is 0 Å². The highest BCUT2D eigenvalue weighted by Crippen LogP contribution is 2.22.